The van der Waals surface area contributed by atoms with E-state index in [4.69, 9.17) is 4.74 Å². The van der Waals surface area contributed by atoms with Gasteiger partial charge in [-0.2, -0.15) is 4.98 Å². The minimum Gasteiger partial charge on any atom is -0.437 e. The largest absolute Gasteiger partial charge is 0.437 e. The molecule has 0 radical (unpaired) electrons. The van der Waals surface area contributed by atoms with E-state index in [-0.39, 0.29) is 0 Å². The molecule has 3 rings (SSSR count). The van der Waals surface area contributed by atoms with E-state index in [9.17, 15) is 0 Å². The predicted octanol–water partition coefficient (Wildman–Crippen LogP) is 4.74. The highest BCUT2D eigenvalue weighted by Gasteiger charge is 2.12. The van der Waals surface area contributed by atoms with Gasteiger partial charge in [-0.25, -0.2) is 0 Å². The zero-order valence-corrected chi connectivity index (χ0v) is 13.3. The number of hydrogen-bond donors (Lipinski definition) is 0. The Bertz CT molecular complexity index is 724. The number of ether oxygens (including phenoxy) is 1. The lowest BCUT2D eigenvalue weighted by atomic mass is 10.3. The summed E-state index contributed by atoms with van der Waals surface area (Å²) in [5.41, 5.74) is 1.90. The summed E-state index contributed by atoms with van der Waals surface area (Å²) in [7, 11) is 0. The molecule has 0 unspecified atom stereocenters. The highest BCUT2D eigenvalue weighted by atomic mass is 79.9. The lowest BCUT2D eigenvalue weighted by Crippen LogP contribution is -1.91. The van der Waals surface area contributed by atoms with Crippen molar-refractivity contribution < 1.29 is 4.74 Å². The molecule has 3 aromatic rings. The molecule has 0 amide bonds. The molecule has 0 aliphatic rings. The Kier molecular flexibility index (Phi) is 3.98. The van der Waals surface area contributed by atoms with Crippen LogP contribution in [0.25, 0.3) is 5.65 Å². The van der Waals surface area contributed by atoms with E-state index in [1.54, 1.807) is 11.8 Å². The topological polar surface area (TPSA) is 26.5 Å². The van der Waals surface area contributed by atoms with E-state index in [0.29, 0.717) is 11.2 Å². The lowest BCUT2D eigenvalue weighted by molar-refractivity contribution is 0.461. The molecule has 2 heterocycles. The Labute approximate surface area is 130 Å². The molecule has 1 aromatic carbocycles. The highest BCUT2D eigenvalue weighted by Crippen LogP contribution is 2.28. The molecule has 0 bridgehead atoms. The SMILES string of the molecule is CSc1ccc(Oc2nc3ccccn3c2CBr)cc1. The Hall–Kier alpha value is -1.46. The standard InChI is InChI=1S/C15H13BrN2OS/c1-20-12-7-5-11(6-8-12)19-15-13(10-16)18-9-3-2-4-14(18)17-15/h2-9H,10H2,1H3. The van der Waals surface area contributed by atoms with E-state index < -0.39 is 0 Å². The average molecular weight is 349 g/mol. The van der Waals surface area contributed by atoms with Crippen molar-refractivity contribution in [1.29, 1.82) is 0 Å². The van der Waals surface area contributed by atoms with Gasteiger partial charge in [0, 0.05) is 16.4 Å². The fourth-order valence-corrected chi connectivity index (χ4v) is 2.90. The molecular formula is C15H13BrN2OS. The number of halogens is 1. The fraction of sp³-hybridized carbons (Fsp3) is 0.133. The maximum absolute atomic E-state index is 5.91. The van der Waals surface area contributed by atoms with Crippen molar-refractivity contribution in [3.63, 3.8) is 0 Å². The lowest BCUT2D eigenvalue weighted by Gasteiger charge is -2.05. The minimum atomic E-state index is 0.643. The van der Waals surface area contributed by atoms with Gasteiger partial charge in [0.2, 0.25) is 5.88 Å². The van der Waals surface area contributed by atoms with Crippen LogP contribution in [0.15, 0.2) is 53.6 Å². The van der Waals surface area contributed by atoms with Crippen LogP contribution < -0.4 is 4.74 Å². The average Bonchev–Trinajstić information content (AvgIpc) is 2.85. The minimum absolute atomic E-state index is 0.643. The molecule has 0 N–H and O–H groups in total. The van der Waals surface area contributed by atoms with Crippen molar-refractivity contribution in [1.82, 2.24) is 9.38 Å². The van der Waals surface area contributed by atoms with Crippen LogP contribution in [-0.2, 0) is 5.33 Å². The Morgan fingerprint density at radius 1 is 1.20 bits per heavy atom. The van der Waals surface area contributed by atoms with Crippen LogP contribution >= 0.6 is 27.7 Å². The van der Waals surface area contributed by atoms with Crippen LogP contribution in [-0.4, -0.2) is 15.6 Å². The molecule has 2 aromatic heterocycles. The van der Waals surface area contributed by atoms with E-state index >= 15 is 0 Å². The van der Waals surface area contributed by atoms with Crippen LogP contribution in [0.2, 0.25) is 0 Å². The van der Waals surface area contributed by atoms with E-state index in [0.717, 1.165) is 17.1 Å². The van der Waals surface area contributed by atoms with Gasteiger partial charge in [0.05, 0.1) is 5.69 Å². The second-order valence-corrected chi connectivity index (χ2v) is 5.64. The predicted molar refractivity (Wildman–Crippen MR) is 86.1 cm³/mol. The van der Waals surface area contributed by atoms with Gasteiger partial charge in [0.25, 0.3) is 0 Å². The first-order chi connectivity index (χ1) is 9.81. The van der Waals surface area contributed by atoms with Gasteiger partial charge in [0.15, 0.2) is 0 Å². The number of aromatic nitrogens is 2. The number of hydrogen-bond acceptors (Lipinski definition) is 3. The van der Waals surface area contributed by atoms with E-state index in [1.165, 1.54) is 4.90 Å². The van der Waals surface area contributed by atoms with Crippen molar-refractivity contribution in [2.75, 3.05) is 6.26 Å². The molecule has 0 saturated heterocycles. The fourth-order valence-electron chi connectivity index (χ4n) is 1.98. The summed E-state index contributed by atoms with van der Waals surface area (Å²) in [5, 5.41) is 0.691. The number of fused-ring (bicyclic) bond motifs is 1. The summed E-state index contributed by atoms with van der Waals surface area (Å²) >= 11 is 5.21. The second-order valence-electron chi connectivity index (χ2n) is 4.20. The number of thioether (sulfide) groups is 1. The molecule has 0 atom stereocenters. The highest BCUT2D eigenvalue weighted by molar-refractivity contribution is 9.08. The summed E-state index contributed by atoms with van der Waals surface area (Å²) in [6.07, 6.45) is 4.05. The van der Waals surface area contributed by atoms with Crippen molar-refractivity contribution in [2.24, 2.45) is 0 Å². The number of rotatable bonds is 4. The van der Waals surface area contributed by atoms with Crippen LogP contribution in [0, 0.1) is 0 Å². The first kappa shape index (κ1) is 13.5. The summed E-state index contributed by atoms with van der Waals surface area (Å²) in [4.78, 5) is 5.74. The monoisotopic (exact) mass is 348 g/mol. The van der Waals surface area contributed by atoms with E-state index in [2.05, 4.69) is 27.2 Å². The van der Waals surface area contributed by atoms with E-state index in [1.807, 2.05) is 53.1 Å². The number of imidazole rings is 1. The van der Waals surface area contributed by atoms with Gasteiger partial charge in [0.1, 0.15) is 11.4 Å². The maximum atomic E-state index is 5.91. The third kappa shape index (κ3) is 2.55. The normalized spacial score (nSPS) is 10.9. The van der Waals surface area contributed by atoms with Crippen LogP contribution in [0.4, 0.5) is 0 Å². The van der Waals surface area contributed by atoms with Gasteiger partial charge in [-0.15, -0.1) is 11.8 Å². The molecule has 0 aliphatic carbocycles. The molecule has 0 fully saturated rings. The molecule has 0 saturated carbocycles. The van der Waals surface area contributed by atoms with Gasteiger partial charge in [-0.1, -0.05) is 22.0 Å². The Morgan fingerprint density at radius 2 is 2.00 bits per heavy atom. The van der Waals surface area contributed by atoms with Gasteiger partial charge in [-0.05, 0) is 42.7 Å². The molecular weight excluding hydrogens is 336 g/mol. The molecule has 102 valence electrons. The number of pyridine rings is 1. The first-order valence-electron chi connectivity index (χ1n) is 6.15. The summed E-state index contributed by atoms with van der Waals surface area (Å²) < 4.78 is 7.94. The summed E-state index contributed by atoms with van der Waals surface area (Å²) in [6, 6.07) is 13.9. The Morgan fingerprint density at radius 3 is 2.70 bits per heavy atom. The Balaban J connectivity index is 1.96. The zero-order chi connectivity index (χ0) is 13.9. The second kappa shape index (κ2) is 5.89. The first-order valence-corrected chi connectivity index (χ1v) is 8.50. The summed E-state index contributed by atoms with van der Waals surface area (Å²) in [6.45, 7) is 0. The quantitative estimate of drug-likeness (QED) is 0.503. The molecule has 20 heavy (non-hydrogen) atoms. The van der Waals surface area contributed by atoms with Crippen molar-refractivity contribution >= 4 is 33.3 Å². The number of benzene rings is 1. The van der Waals surface area contributed by atoms with Crippen molar-refractivity contribution in [3.05, 3.63) is 54.4 Å². The van der Waals surface area contributed by atoms with Gasteiger partial charge < -0.3 is 4.74 Å². The van der Waals surface area contributed by atoms with Crippen LogP contribution in [0.1, 0.15) is 5.69 Å². The van der Waals surface area contributed by atoms with Crippen LogP contribution in [0.5, 0.6) is 11.6 Å². The third-order valence-corrected chi connectivity index (χ3v) is 4.27. The van der Waals surface area contributed by atoms with Crippen molar-refractivity contribution in [3.8, 4) is 11.6 Å². The number of alkyl halides is 1. The molecule has 5 heteroatoms. The molecule has 3 nitrogen and oxygen atoms in total. The smallest absolute Gasteiger partial charge is 0.242 e. The van der Waals surface area contributed by atoms with Crippen molar-refractivity contribution in [2.45, 2.75) is 10.2 Å². The maximum Gasteiger partial charge on any atom is 0.242 e. The third-order valence-electron chi connectivity index (χ3n) is 2.99. The zero-order valence-electron chi connectivity index (χ0n) is 10.9. The molecule has 0 spiro atoms. The van der Waals surface area contributed by atoms with Crippen LogP contribution in [0.3, 0.4) is 0 Å². The van der Waals surface area contributed by atoms with Gasteiger partial charge in [-0.3, -0.25) is 4.40 Å². The summed E-state index contributed by atoms with van der Waals surface area (Å²) in [5.74, 6) is 1.44. The van der Waals surface area contributed by atoms with Gasteiger partial charge >= 0.3 is 0 Å². The molecule has 0 aliphatic heterocycles. The number of nitrogens with zero attached hydrogens (tertiary/aromatic N) is 2.